The number of amides is 1. The minimum atomic E-state index is -0.481. The Morgan fingerprint density at radius 1 is 1.71 bits per heavy atom. The van der Waals surface area contributed by atoms with Crippen LogP contribution in [0.25, 0.3) is 0 Å². The molecule has 0 fully saturated rings. The number of rotatable bonds is 4. The number of carbonyl (C=O) groups is 1. The predicted octanol–water partition coefficient (Wildman–Crippen LogP) is 0.677. The highest BCUT2D eigenvalue weighted by molar-refractivity contribution is 5.75. The molecule has 0 aliphatic carbocycles. The van der Waals surface area contributed by atoms with Crippen molar-refractivity contribution >= 4 is 5.91 Å². The van der Waals surface area contributed by atoms with Crippen LogP contribution < -0.4 is 5.32 Å². The molecule has 1 rings (SSSR count). The lowest BCUT2D eigenvalue weighted by Gasteiger charge is -2.03. The van der Waals surface area contributed by atoms with E-state index in [0.29, 0.717) is 13.1 Å². The molecule has 0 aromatic carbocycles. The Labute approximate surface area is 83.5 Å². The summed E-state index contributed by atoms with van der Waals surface area (Å²) >= 11 is 0. The number of hydrogen-bond donors (Lipinski definition) is 2. The van der Waals surface area contributed by atoms with Crippen LogP contribution in [0.3, 0.4) is 0 Å². The van der Waals surface area contributed by atoms with Gasteiger partial charge in [-0.05, 0) is 25.5 Å². The zero-order chi connectivity index (χ0) is 10.6. The number of aliphatic hydroxyl groups is 1. The normalized spacial score (nSPS) is 12.5. The summed E-state index contributed by atoms with van der Waals surface area (Å²) in [7, 11) is 0. The molecule has 0 radical (unpaired) electrons. The molecule has 1 atom stereocenters. The molecule has 1 aromatic rings. The molecule has 1 unspecified atom stereocenters. The van der Waals surface area contributed by atoms with Crippen molar-refractivity contribution in [1.29, 1.82) is 0 Å². The van der Waals surface area contributed by atoms with E-state index in [1.54, 1.807) is 23.9 Å². The van der Waals surface area contributed by atoms with E-state index in [2.05, 4.69) is 5.32 Å². The Balaban J connectivity index is 2.55. The van der Waals surface area contributed by atoms with Crippen LogP contribution in [0.4, 0.5) is 0 Å². The molecule has 78 valence electrons. The molecule has 14 heavy (non-hydrogen) atoms. The molecule has 0 saturated heterocycles. The first-order chi connectivity index (χ1) is 6.63. The second-order valence-corrected chi connectivity index (χ2v) is 3.25. The number of aliphatic hydroxyl groups excluding tert-OH is 1. The van der Waals surface area contributed by atoms with Gasteiger partial charge in [-0.25, -0.2) is 0 Å². The number of nitrogens with zero attached hydrogens (tertiary/aromatic N) is 1. The molecule has 0 saturated carbocycles. The standard InChI is InChI=1S/C10H16N2O2/c1-3-11-10(14)7-12-5-4-9(6-12)8(2)13/h4-6,8,13H,3,7H2,1-2H3,(H,11,14). The van der Waals surface area contributed by atoms with Crippen molar-refractivity contribution in [3.05, 3.63) is 24.0 Å². The highest BCUT2D eigenvalue weighted by Gasteiger charge is 2.04. The van der Waals surface area contributed by atoms with Gasteiger partial charge in [0.05, 0.1) is 6.10 Å². The van der Waals surface area contributed by atoms with E-state index in [1.807, 2.05) is 13.0 Å². The van der Waals surface area contributed by atoms with Crippen LogP contribution in [0.15, 0.2) is 18.5 Å². The topological polar surface area (TPSA) is 54.3 Å². The summed E-state index contributed by atoms with van der Waals surface area (Å²) in [5.41, 5.74) is 0.828. The summed E-state index contributed by atoms with van der Waals surface area (Å²) in [6.45, 7) is 4.53. The highest BCUT2D eigenvalue weighted by Crippen LogP contribution is 2.11. The third-order valence-corrected chi connectivity index (χ3v) is 1.96. The van der Waals surface area contributed by atoms with Crippen molar-refractivity contribution in [2.24, 2.45) is 0 Å². The molecule has 0 aliphatic rings. The molecular formula is C10H16N2O2. The van der Waals surface area contributed by atoms with Crippen molar-refractivity contribution < 1.29 is 9.90 Å². The minimum absolute atomic E-state index is 0.0137. The Kier molecular flexibility index (Phi) is 3.71. The van der Waals surface area contributed by atoms with Gasteiger partial charge < -0.3 is 15.0 Å². The summed E-state index contributed by atoms with van der Waals surface area (Å²) in [5.74, 6) is -0.0137. The summed E-state index contributed by atoms with van der Waals surface area (Å²) in [4.78, 5) is 11.2. The van der Waals surface area contributed by atoms with E-state index in [1.165, 1.54) is 0 Å². The third kappa shape index (κ3) is 2.88. The van der Waals surface area contributed by atoms with Gasteiger partial charge >= 0.3 is 0 Å². The van der Waals surface area contributed by atoms with E-state index in [-0.39, 0.29) is 5.91 Å². The van der Waals surface area contributed by atoms with Crippen molar-refractivity contribution in [3.8, 4) is 0 Å². The molecule has 1 amide bonds. The highest BCUT2D eigenvalue weighted by atomic mass is 16.3. The van der Waals surface area contributed by atoms with Gasteiger partial charge in [-0.15, -0.1) is 0 Å². The van der Waals surface area contributed by atoms with Crippen LogP contribution in [-0.2, 0) is 11.3 Å². The lowest BCUT2D eigenvalue weighted by atomic mass is 10.2. The van der Waals surface area contributed by atoms with E-state index in [0.717, 1.165) is 5.56 Å². The van der Waals surface area contributed by atoms with Gasteiger partial charge in [-0.2, -0.15) is 0 Å². The Bertz CT molecular complexity index is 305. The van der Waals surface area contributed by atoms with Crippen LogP contribution >= 0.6 is 0 Å². The van der Waals surface area contributed by atoms with Crippen molar-refractivity contribution in [2.75, 3.05) is 6.54 Å². The number of carbonyl (C=O) groups excluding carboxylic acids is 1. The maximum Gasteiger partial charge on any atom is 0.239 e. The molecule has 4 nitrogen and oxygen atoms in total. The second kappa shape index (κ2) is 4.81. The summed E-state index contributed by atoms with van der Waals surface area (Å²) in [6, 6.07) is 1.81. The number of nitrogens with one attached hydrogen (secondary N) is 1. The first-order valence-corrected chi connectivity index (χ1v) is 4.74. The molecule has 0 spiro atoms. The molecule has 2 N–H and O–H groups in total. The minimum Gasteiger partial charge on any atom is -0.389 e. The van der Waals surface area contributed by atoms with Gasteiger partial charge in [0.15, 0.2) is 0 Å². The summed E-state index contributed by atoms with van der Waals surface area (Å²) in [6.07, 6.45) is 3.09. The second-order valence-electron chi connectivity index (χ2n) is 3.25. The average molecular weight is 196 g/mol. The van der Waals surface area contributed by atoms with E-state index in [4.69, 9.17) is 0 Å². The fourth-order valence-electron chi connectivity index (χ4n) is 1.22. The molecule has 4 heteroatoms. The smallest absolute Gasteiger partial charge is 0.239 e. The fraction of sp³-hybridized carbons (Fsp3) is 0.500. The van der Waals surface area contributed by atoms with E-state index < -0.39 is 6.10 Å². The predicted molar refractivity (Wildman–Crippen MR) is 53.7 cm³/mol. The lowest BCUT2D eigenvalue weighted by molar-refractivity contribution is -0.121. The first-order valence-electron chi connectivity index (χ1n) is 4.74. The van der Waals surface area contributed by atoms with Gasteiger partial charge in [0.1, 0.15) is 6.54 Å². The van der Waals surface area contributed by atoms with Crippen LogP contribution in [-0.4, -0.2) is 22.1 Å². The Hall–Kier alpha value is -1.29. The van der Waals surface area contributed by atoms with E-state index >= 15 is 0 Å². The van der Waals surface area contributed by atoms with Gasteiger partial charge in [0, 0.05) is 18.9 Å². The van der Waals surface area contributed by atoms with Crippen LogP contribution in [0.5, 0.6) is 0 Å². The van der Waals surface area contributed by atoms with Gasteiger partial charge in [-0.3, -0.25) is 4.79 Å². The largest absolute Gasteiger partial charge is 0.389 e. The average Bonchev–Trinajstić information content (AvgIpc) is 2.53. The van der Waals surface area contributed by atoms with E-state index in [9.17, 15) is 9.90 Å². The SMILES string of the molecule is CCNC(=O)Cn1ccc(C(C)O)c1. The third-order valence-electron chi connectivity index (χ3n) is 1.96. The first kappa shape index (κ1) is 10.8. The van der Waals surface area contributed by atoms with Crippen LogP contribution in [0.2, 0.25) is 0 Å². The van der Waals surface area contributed by atoms with Gasteiger partial charge in [-0.1, -0.05) is 0 Å². The van der Waals surface area contributed by atoms with Crippen LogP contribution in [0, 0.1) is 0 Å². The summed E-state index contributed by atoms with van der Waals surface area (Å²) in [5, 5.41) is 12.0. The number of hydrogen-bond acceptors (Lipinski definition) is 2. The maximum atomic E-state index is 11.2. The summed E-state index contributed by atoms with van der Waals surface area (Å²) < 4.78 is 1.76. The zero-order valence-electron chi connectivity index (χ0n) is 8.53. The number of aromatic nitrogens is 1. The van der Waals surface area contributed by atoms with Gasteiger partial charge in [0.2, 0.25) is 5.91 Å². The lowest BCUT2D eigenvalue weighted by Crippen LogP contribution is -2.26. The maximum absolute atomic E-state index is 11.2. The Morgan fingerprint density at radius 2 is 2.43 bits per heavy atom. The monoisotopic (exact) mass is 196 g/mol. The molecule has 0 aliphatic heterocycles. The van der Waals surface area contributed by atoms with Crippen molar-refractivity contribution in [2.45, 2.75) is 26.5 Å². The Morgan fingerprint density at radius 3 is 2.93 bits per heavy atom. The van der Waals surface area contributed by atoms with Crippen LogP contribution in [0.1, 0.15) is 25.5 Å². The fourth-order valence-corrected chi connectivity index (χ4v) is 1.22. The molecular weight excluding hydrogens is 180 g/mol. The number of likely N-dealkylation sites (N-methyl/N-ethyl adjacent to an activating group) is 1. The zero-order valence-corrected chi connectivity index (χ0v) is 8.53. The van der Waals surface area contributed by atoms with Crippen molar-refractivity contribution in [1.82, 2.24) is 9.88 Å². The van der Waals surface area contributed by atoms with Gasteiger partial charge in [0.25, 0.3) is 0 Å². The van der Waals surface area contributed by atoms with Crippen molar-refractivity contribution in [3.63, 3.8) is 0 Å². The quantitative estimate of drug-likeness (QED) is 0.744. The molecule has 1 heterocycles. The molecule has 1 aromatic heterocycles. The molecule has 0 bridgehead atoms.